The lowest BCUT2D eigenvalue weighted by molar-refractivity contribution is 0.396. The number of hydrogen-bond acceptors (Lipinski definition) is 5. The van der Waals surface area contributed by atoms with E-state index in [4.69, 9.17) is 4.74 Å². The van der Waals surface area contributed by atoms with Crippen molar-refractivity contribution in [1.29, 1.82) is 0 Å². The quantitative estimate of drug-likeness (QED) is 0.364. The molecule has 7 nitrogen and oxygen atoms in total. The fraction of sp³-hybridized carbons (Fsp3) is 0.571. The fourth-order valence-corrected chi connectivity index (χ4v) is 2.52. The van der Waals surface area contributed by atoms with Crippen molar-refractivity contribution in [3.05, 3.63) is 23.9 Å². The van der Waals surface area contributed by atoms with Crippen molar-refractivity contribution in [3.63, 3.8) is 0 Å². The first-order valence-electron chi connectivity index (χ1n) is 6.99. The number of aliphatic imine (C=N–C) groups is 1. The highest BCUT2D eigenvalue weighted by molar-refractivity contribution is 14.0. The van der Waals surface area contributed by atoms with E-state index < -0.39 is 9.84 Å². The summed E-state index contributed by atoms with van der Waals surface area (Å²) in [6, 6.07) is 5.53. The largest absolute Gasteiger partial charge is 0.481 e. The van der Waals surface area contributed by atoms with Gasteiger partial charge in [-0.15, -0.1) is 24.0 Å². The molecule has 0 aromatic carbocycles. The summed E-state index contributed by atoms with van der Waals surface area (Å²) in [5.41, 5.74) is 0.825. The molecule has 0 saturated heterocycles. The normalized spacial score (nSPS) is 13.0. The maximum Gasteiger partial charge on any atom is 0.213 e. The summed E-state index contributed by atoms with van der Waals surface area (Å²) in [5, 5.41) is 6.29. The molecule has 0 amide bonds. The second-order valence-corrected chi connectivity index (χ2v) is 7.32. The Hall–Kier alpha value is -1.10. The predicted molar refractivity (Wildman–Crippen MR) is 103 cm³/mol. The number of pyridine rings is 1. The van der Waals surface area contributed by atoms with Crippen molar-refractivity contribution in [2.75, 3.05) is 26.2 Å². The van der Waals surface area contributed by atoms with Gasteiger partial charge in [-0.2, -0.15) is 0 Å². The Bertz CT molecular complexity index is 608. The number of nitrogens with one attached hydrogen (secondary N) is 2. The monoisotopic (exact) mass is 456 g/mol. The molecular weight excluding hydrogens is 431 g/mol. The first-order valence-corrected chi connectivity index (χ1v) is 9.05. The van der Waals surface area contributed by atoms with Crippen molar-refractivity contribution < 1.29 is 13.2 Å². The zero-order valence-corrected chi connectivity index (χ0v) is 17.0. The summed E-state index contributed by atoms with van der Waals surface area (Å²) in [7, 11) is 0.288. The molecule has 1 rings (SSSR count). The van der Waals surface area contributed by atoms with Crippen molar-refractivity contribution in [2.24, 2.45) is 4.99 Å². The molecule has 1 heterocycles. The van der Waals surface area contributed by atoms with E-state index >= 15 is 0 Å². The topological polar surface area (TPSA) is 92.7 Å². The van der Waals surface area contributed by atoms with Gasteiger partial charge in [0.2, 0.25) is 5.88 Å². The van der Waals surface area contributed by atoms with Gasteiger partial charge in [-0.05, 0) is 19.4 Å². The number of guanidine groups is 1. The Morgan fingerprint density at radius 2 is 2.13 bits per heavy atom. The molecule has 1 unspecified atom stereocenters. The van der Waals surface area contributed by atoms with Crippen LogP contribution in [0.3, 0.4) is 0 Å². The lowest BCUT2D eigenvalue weighted by Gasteiger charge is -2.17. The van der Waals surface area contributed by atoms with Crippen LogP contribution in [-0.4, -0.2) is 51.6 Å². The van der Waals surface area contributed by atoms with E-state index in [-0.39, 0.29) is 35.8 Å². The van der Waals surface area contributed by atoms with Crippen molar-refractivity contribution >= 4 is 39.8 Å². The van der Waals surface area contributed by atoms with Gasteiger partial charge < -0.3 is 15.4 Å². The SMILES string of the molecule is CN=C(NCc1cccc(OC)n1)NC(C)CCS(C)(=O)=O.I. The maximum absolute atomic E-state index is 11.2. The molecule has 0 aliphatic rings. The summed E-state index contributed by atoms with van der Waals surface area (Å²) in [6.45, 7) is 2.41. The molecule has 1 aromatic rings. The minimum atomic E-state index is -2.95. The highest BCUT2D eigenvalue weighted by atomic mass is 127. The molecule has 1 atom stereocenters. The van der Waals surface area contributed by atoms with Crippen LogP contribution in [-0.2, 0) is 16.4 Å². The summed E-state index contributed by atoms with van der Waals surface area (Å²) in [5.74, 6) is 1.31. The molecule has 0 aliphatic carbocycles. The van der Waals surface area contributed by atoms with Gasteiger partial charge in [-0.25, -0.2) is 13.4 Å². The first-order chi connectivity index (χ1) is 10.3. The van der Waals surface area contributed by atoms with Gasteiger partial charge in [0.05, 0.1) is 25.1 Å². The third-order valence-electron chi connectivity index (χ3n) is 2.96. The first kappa shape index (κ1) is 21.9. The third-order valence-corrected chi connectivity index (χ3v) is 3.93. The molecule has 2 N–H and O–H groups in total. The van der Waals surface area contributed by atoms with Gasteiger partial charge in [-0.1, -0.05) is 6.07 Å². The number of nitrogens with zero attached hydrogens (tertiary/aromatic N) is 2. The zero-order chi connectivity index (χ0) is 16.6. The van der Waals surface area contributed by atoms with Crippen LogP contribution in [0.5, 0.6) is 5.88 Å². The summed E-state index contributed by atoms with van der Waals surface area (Å²) >= 11 is 0. The standard InChI is InChI=1S/C14H24N4O3S.HI/c1-11(8-9-22(4,19)20)17-14(15-2)16-10-12-6-5-7-13(18-12)21-3;/h5-7,11H,8-10H2,1-4H3,(H2,15,16,17);1H. The van der Waals surface area contributed by atoms with Crippen LogP contribution in [0.15, 0.2) is 23.2 Å². The molecule has 1 aromatic heterocycles. The Morgan fingerprint density at radius 1 is 1.43 bits per heavy atom. The second-order valence-electron chi connectivity index (χ2n) is 5.06. The van der Waals surface area contributed by atoms with Crippen LogP contribution in [0, 0.1) is 0 Å². The van der Waals surface area contributed by atoms with Gasteiger partial charge in [0.25, 0.3) is 0 Å². The van der Waals surface area contributed by atoms with Crippen molar-refractivity contribution in [2.45, 2.75) is 25.9 Å². The number of hydrogen-bond donors (Lipinski definition) is 2. The van der Waals surface area contributed by atoms with Crippen LogP contribution < -0.4 is 15.4 Å². The number of halogens is 1. The molecule has 9 heteroatoms. The van der Waals surface area contributed by atoms with Gasteiger partial charge in [0, 0.05) is 25.4 Å². The van der Waals surface area contributed by atoms with E-state index in [0.717, 1.165) is 5.69 Å². The van der Waals surface area contributed by atoms with Crippen LogP contribution in [0.25, 0.3) is 0 Å². The van der Waals surface area contributed by atoms with Crippen LogP contribution in [0.1, 0.15) is 19.0 Å². The summed E-state index contributed by atoms with van der Waals surface area (Å²) < 4.78 is 27.4. The Kier molecular flexibility index (Phi) is 10.1. The molecule has 0 bridgehead atoms. The van der Waals surface area contributed by atoms with Gasteiger partial charge >= 0.3 is 0 Å². The highest BCUT2D eigenvalue weighted by Gasteiger charge is 2.09. The van der Waals surface area contributed by atoms with Crippen molar-refractivity contribution in [1.82, 2.24) is 15.6 Å². The molecule has 0 aliphatic heterocycles. The van der Waals surface area contributed by atoms with Gasteiger partial charge in [0.15, 0.2) is 5.96 Å². The zero-order valence-electron chi connectivity index (χ0n) is 13.9. The number of sulfone groups is 1. The number of aromatic nitrogens is 1. The molecule has 0 radical (unpaired) electrons. The lowest BCUT2D eigenvalue weighted by atomic mass is 10.3. The van der Waals surface area contributed by atoms with E-state index in [0.29, 0.717) is 24.8 Å². The van der Waals surface area contributed by atoms with Crippen LogP contribution in [0.2, 0.25) is 0 Å². The maximum atomic E-state index is 11.2. The van der Waals surface area contributed by atoms with Gasteiger partial charge in [-0.3, -0.25) is 4.99 Å². The fourth-order valence-electron chi connectivity index (χ4n) is 1.74. The average molecular weight is 456 g/mol. The van der Waals surface area contributed by atoms with E-state index in [9.17, 15) is 8.42 Å². The minimum absolute atomic E-state index is 0. The summed E-state index contributed by atoms with van der Waals surface area (Å²) in [6.07, 6.45) is 1.76. The number of ether oxygens (including phenoxy) is 1. The molecule has 0 spiro atoms. The van der Waals surface area contributed by atoms with E-state index in [1.54, 1.807) is 20.2 Å². The molecule has 23 heavy (non-hydrogen) atoms. The van der Waals surface area contributed by atoms with Crippen molar-refractivity contribution in [3.8, 4) is 5.88 Å². The minimum Gasteiger partial charge on any atom is -0.481 e. The smallest absolute Gasteiger partial charge is 0.213 e. The number of rotatable bonds is 7. The Labute approximate surface area is 155 Å². The predicted octanol–water partition coefficient (Wildman–Crippen LogP) is 1.20. The molecular formula is C14H25IN4O3S. The second kappa shape index (κ2) is 10.6. The van der Waals surface area contributed by atoms with Gasteiger partial charge in [0.1, 0.15) is 9.84 Å². The molecule has 0 saturated carbocycles. The summed E-state index contributed by atoms with van der Waals surface area (Å²) in [4.78, 5) is 8.41. The highest BCUT2D eigenvalue weighted by Crippen LogP contribution is 2.06. The molecule has 0 fully saturated rings. The number of methoxy groups -OCH3 is 1. The van der Waals surface area contributed by atoms with E-state index in [1.807, 2.05) is 19.1 Å². The van der Waals surface area contributed by atoms with E-state index in [1.165, 1.54) is 6.26 Å². The molecule has 132 valence electrons. The average Bonchev–Trinajstić information content (AvgIpc) is 2.48. The third kappa shape index (κ3) is 9.59. The van der Waals surface area contributed by atoms with E-state index in [2.05, 4.69) is 20.6 Å². The van der Waals surface area contributed by atoms with Crippen LogP contribution in [0.4, 0.5) is 0 Å². The van der Waals surface area contributed by atoms with Crippen LogP contribution >= 0.6 is 24.0 Å². The Balaban J connectivity index is 0.00000484. The Morgan fingerprint density at radius 3 is 2.70 bits per heavy atom. The lowest BCUT2D eigenvalue weighted by Crippen LogP contribution is -2.42.